The van der Waals surface area contributed by atoms with Crippen LogP contribution in [0.25, 0.3) is 0 Å². The third kappa shape index (κ3) is 5.33. The molecule has 0 aliphatic carbocycles. The van der Waals surface area contributed by atoms with Crippen LogP contribution in [0.1, 0.15) is 52.1 Å². The number of rotatable bonds is 1. The zero-order chi connectivity index (χ0) is 13.1. The van der Waals surface area contributed by atoms with Crippen molar-refractivity contribution in [1.82, 2.24) is 5.32 Å². The smallest absolute Gasteiger partial charge is 0.0473 e. The Balaban J connectivity index is 0.000000581. The predicted molar refractivity (Wildman–Crippen MR) is 77.1 cm³/mol. The maximum absolute atomic E-state index is 6.05. The van der Waals surface area contributed by atoms with Gasteiger partial charge in [0.25, 0.3) is 0 Å². The fraction of sp³-hybridized carbons (Fsp3) is 0.600. The molecular weight excluding hydrogens is 208 g/mol. The van der Waals surface area contributed by atoms with Gasteiger partial charge in [-0.25, -0.2) is 0 Å². The van der Waals surface area contributed by atoms with Crippen LogP contribution in [0.5, 0.6) is 0 Å². The van der Waals surface area contributed by atoms with E-state index in [0.29, 0.717) is 6.04 Å². The molecule has 0 saturated carbocycles. The molecule has 1 aromatic rings. The van der Waals surface area contributed by atoms with Gasteiger partial charge in [-0.2, -0.15) is 0 Å². The second-order valence-corrected chi connectivity index (χ2v) is 3.65. The molecule has 2 unspecified atom stereocenters. The Kier molecular flexibility index (Phi) is 9.78. The highest BCUT2D eigenvalue weighted by atomic mass is 15.0. The molecule has 2 rings (SSSR count). The summed E-state index contributed by atoms with van der Waals surface area (Å²) < 4.78 is 0. The summed E-state index contributed by atoms with van der Waals surface area (Å²) in [5.74, 6) is 0. The summed E-state index contributed by atoms with van der Waals surface area (Å²) in [5, 5.41) is 3.46. The van der Waals surface area contributed by atoms with Crippen molar-refractivity contribution in [3.05, 3.63) is 35.9 Å². The van der Waals surface area contributed by atoms with Crippen LogP contribution in [-0.4, -0.2) is 12.6 Å². The topological polar surface area (TPSA) is 38.0 Å². The standard InChI is InChI=1S/C11H16N2.2C2H6/c12-10-7-4-8-13-11(10)9-5-2-1-3-6-9;2*1-2/h1-3,5-6,10-11,13H,4,7-8,12H2;2*1-2H3. The van der Waals surface area contributed by atoms with E-state index in [1.54, 1.807) is 0 Å². The molecule has 0 amide bonds. The van der Waals surface area contributed by atoms with Gasteiger partial charge in [0, 0.05) is 12.1 Å². The van der Waals surface area contributed by atoms with Crippen molar-refractivity contribution in [3.8, 4) is 0 Å². The minimum absolute atomic E-state index is 0.274. The molecule has 1 heterocycles. The van der Waals surface area contributed by atoms with Crippen molar-refractivity contribution >= 4 is 0 Å². The van der Waals surface area contributed by atoms with Crippen LogP contribution in [0, 0.1) is 0 Å². The number of hydrogen-bond acceptors (Lipinski definition) is 2. The summed E-state index contributed by atoms with van der Waals surface area (Å²) in [5.41, 5.74) is 7.36. The van der Waals surface area contributed by atoms with E-state index >= 15 is 0 Å². The van der Waals surface area contributed by atoms with Gasteiger partial charge >= 0.3 is 0 Å². The lowest BCUT2D eigenvalue weighted by atomic mass is 9.93. The highest BCUT2D eigenvalue weighted by Gasteiger charge is 2.21. The normalized spacial score (nSPS) is 22.6. The summed E-state index contributed by atoms with van der Waals surface area (Å²) in [6.07, 6.45) is 2.33. The summed E-state index contributed by atoms with van der Waals surface area (Å²) in [6, 6.07) is 11.1. The summed E-state index contributed by atoms with van der Waals surface area (Å²) in [7, 11) is 0. The summed E-state index contributed by atoms with van der Waals surface area (Å²) in [4.78, 5) is 0. The van der Waals surface area contributed by atoms with Gasteiger partial charge in [0.2, 0.25) is 0 Å². The quantitative estimate of drug-likeness (QED) is 0.783. The van der Waals surface area contributed by atoms with E-state index in [0.717, 1.165) is 13.0 Å². The highest BCUT2D eigenvalue weighted by molar-refractivity contribution is 5.21. The molecule has 17 heavy (non-hydrogen) atoms. The molecule has 1 aliphatic rings. The molecule has 0 spiro atoms. The van der Waals surface area contributed by atoms with Gasteiger partial charge in [0.15, 0.2) is 0 Å². The zero-order valence-electron chi connectivity index (χ0n) is 11.7. The van der Waals surface area contributed by atoms with E-state index in [-0.39, 0.29) is 6.04 Å². The van der Waals surface area contributed by atoms with Crippen LogP contribution in [-0.2, 0) is 0 Å². The number of nitrogens with one attached hydrogen (secondary N) is 1. The predicted octanol–water partition coefficient (Wildman–Crippen LogP) is 3.49. The number of piperidine rings is 1. The maximum atomic E-state index is 6.05. The van der Waals surface area contributed by atoms with E-state index in [1.165, 1.54) is 12.0 Å². The maximum Gasteiger partial charge on any atom is 0.0473 e. The SMILES string of the molecule is CC.CC.NC1CCCNC1c1ccccc1. The molecule has 0 aromatic heterocycles. The monoisotopic (exact) mass is 236 g/mol. The minimum Gasteiger partial charge on any atom is -0.326 e. The second-order valence-electron chi connectivity index (χ2n) is 3.65. The van der Waals surface area contributed by atoms with Gasteiger partial charge in [0.05, 0.1) is 0 Å². The fourth-order valence-corrected chi connectivity index (χ4v) is 1.94. The number of benzene rings is 1. The van der Waals surface area contributed by atoms with Crippen LogP contribution < -0.4 is 11.1 Å². The zero-order valence-corrected chi connectivity index (χ0v) is 11.7. The van der Waals surface area contributed by atoms with Gasteiger partial charge in [-0.15, -0.1) is 0 Å². The van der Waals surface area contributed by atoms with Crippen LogP contribution >= 0.6 is 0 Å². The molecule has 0 radical (unpaired) electrons. The van der Waals surface area contributed by atoms with Crippen molar-refractivity contribution in [2.24, 2.45) is 5.73 Å². The first-order valence-electron chi connectivity index (χ1n) is 6.92. The first-order valence-corrected chi connectivity index (χ1v) is 6.92. The average Bonchev–Trinajstić information content (AvgIpc) is 2.45. The molecule has 98 valence electrons. The molecule has 2 atom stereocenters. The minimum atomic E-state index is 0.274. The Bertz CT molecular complexity index is 259. The number of nitrogens with two attached hydrogens (primary N) is 1. The highest BCUT2D eigenvalue weighted by Crippen LogP contribution is 2.21. The Morgan fingerprint density at radius 3 is 2.18 bits per heavy atom. The molecule has 2 nitrogen and oxygen atoms in total. The van der Waals surface area contributed by atoms with Crippen LogP contribution in [0.15, 0.2) is 30.3 Å². The molecule has 1 aromatic carbocycles. The Morgan fingerprint density at radius 2 is 1.65 bits per heavy atom. The molecule has 1 saturated heterocycles. The van der Waals surface area contributed by atoms with Crippen molar-refractivity contribution in [2.45, 2.75) is 52.6 Å². The first kappa shape index (κ1) is 16.1. The van der Waals surface area contributed by atoms with Crippen molar-refractivity contribution in [2.75, 3.05) is 6.54 Å². The molecule has 0 bridgehead atoms. The summed E-state index contributed by atoms with van der Waals surface area (Å²) in [6.45, 7) is 9.09. The Hall–Kier alpha value is -0.860. The lowest BCUT2D eigenvalue weighted by Gasteiger charge is -2.30. The van der Waals surface area contributed by atoms with Gasteiger partial charge in [-0.1, -0.05) is 58.0 Å². The van der Waals surface area contributed by atoms with E-state index in [9.17, 15) is 0 Å². The largest absolute Gasteiger partial charge is 0.326 e. The number of hydrogen-bond donors (Lipinski definition) is 2. The van der Waals surface area contributed by atoms with E-state index in [2.05, 4.69) is 29.6 Å². The first-order chi connectivity index (χ1) is 8.38. The molecule has 3 N–H and O–H groups in total. The third-order valence-corrected chi connectivity index (χ3v) is 2.67. The van der Waals surface area contributed by atoms with E-state index in [4.69, 9.17) is 5.73 Å². The molecular formula is C15H28N2. The van der Waals surface area contributed by atoms with Crippen LogP contribution in [0.3, 0.4) is 0 Å². The lowest BCUT2D eigenvalue weighted by Crippen LogP contribution is -2.42. The van der Waals surface area contributed by atoms with Gasteiger partial charge in [0.1, 0.15) is 0 Å². The fourth-order valence-electron chi connectivity index (χ4n) is 1.94. The second kappa shape index (κ2) is 10.3. The van der Waals surface area contributed by atoms with E-state index < -0.39 is 0 Å². The Morgan fingerprint density at radius 1 is 1.06 bits per heavy atom. The van der Waals surface area contributed by atoms with E-state index in [1.807, 2.05) is 33.8 Å². The van der Waals surface area contributed by atoms with Crippen molar-refractivity contribution < 1.29 is 0 Å². The lowest BCUT2D eigenvalue weighted by molar-refractivity contribution is 0.358. The molecule has 1 fully saturated rings. The average molecular weight is 236 g/mol. The summed E-state index contributed by atoms with van der Waals surface area (Å²) >= 11 is 0. The van der Waals surface area contributed by atoms with Gasteiger partial charge in [-0.05, 0) is 24.9 Å². The van der Waals surface area contributed by atoms with Crippen molar-refractivity contribution in [1.29, 1.82) is 0 Å². The Labute approximate surface area is 107 Å². The molecule has 2 heteroatoms. The van der Waals surface area contributed by atoms with Gasteiger partial charge < -0.3 is 11.1 Å². The third-order valence-electron chi connectivity index (χ3n) is 2.67. The van der Waals surface area contributed by atoms with Crippen molar-refractivity contribution in [3.63, 3.8) is 0 Å². The van der Waals surface area contributed by atoms with Gasteiger partial charge in [-0.3, -0.25) is 0 Å². The molecule has 1 aliphatic heterocycles. The van der Waals surface area contributed by atoms with Crippen LogP contribution in [0.2, 0.25) is 0 Å². The van der Waals surface area contributed by atoms with Crippen LogP contribution in [0.4, 0.5) is 0 Å².